The summed E-state index contributed by atoms with van der Waals surface area (Å²) in [6.07, 6.45) is 4.93. The van der Waals surface area contributed by atoms with Crippen LogP contribution >= 0.6 is 0 Å². The Hall–Kier alpha value is -2.81. The molecule has 0 N–H and O–H groups in total. The lowest BCUT2D eigenvalue weighted by Gasteiger charge is -2.29. The van der Waals surface area contributed by atoms with Gasteiger partial charge in [0.1, 0.15) is 6.26 Å². The van der Waals surface area contributed by atoms with E-state index in [9.17, 15) is 4.79 Å². The lowest BCUT2D eigenvalue weighted by molar-refractivity contribution is 0.0666. The molecular weight excluding hydrogens is 310 g/mol. The monoisotopic (exact) mass is 333 g/mol. The predicted molar refractivity (Wildman–Crippen MR) is 99.2 cm³/mol. The van der Waals surface area contributed by atoms with Crippen LogP contribution in [0.25, 0.3) is 0 Å². The molecule has 0 aliphatic rings. The Kier molecular flexibility index (Phi) is 5.68. The highest BCUT2D eigenvalue weighted by atomic mass is 16.3. The van der Waals surface area contributed by atoms with Crippen molar-refractivity contribution in [2.24, 2.45) is 0 Å². The van der Waals surface area contributed by atoms with E-state index >= 15 is 0 Å². The highest BCUT2D eigenvalue weighted by Crippen LogP contribution is 2.17. The van der Waals surface area contributed by atoms with Crippen LogP contribution in [0.3, 0.4) is 0 Å². The van der Waals surface area contributed by atoms with Crippen LogP contribution in [0.5, 0.6) is 0 Å². The molecule has 0 fully saturated rings. The van der Waals surface area contributed by atoms with Gasteiger partial charge in [-0.25, -0.2) is 0 Å². The van der Waals surface area contributed by atoms with Gasteiger partial charge >= 0.3 is 0 Å². The van der Waals surface area contributed by atoms with Gasteiger partial charge in [-0.1, -0.05) is 60.7 Å². The number of carbonyl (C=O) groups excluding carboxylic acids is 1. The molecule has 3 rings (SSSR count). The van der Waals surface area contributed by atoms with Gasteiger partial charge < -0.3 is 9.32 Å². The molecule has 128 valence electrons. The summed E-state index contributed by atoms with van der Waals surface area (Å²) in [5.74, 6) is 0.0122. The minimum Gasteiger partial charge on any atom is -0.472 e. The first-order valence-corrected chi connectivity index (χ1v) is 8.65. The Bertz CT molecular complexity index is 766. The van der Waals surface area contributed by atoms with Crippen molar-refractivity contribution in [3.63, 3.8) is 0 Å². The SMILES string of the molecule is C[C@@H](CCc1ccccc1)N(Cc1ccccc1)C(=O)c1ccoc1. The van der Waals surface area contributed by atoms with Crippen LogP contribution in [0.15, 0.2) is 83.7 Å². The first-order valence-electron chi connectivity index (χ1n) is 8.65. The van der Waals surface area contributed by atoms with E-state index in [-0.39, 0.29) is 11.9 Å². The second-order valence-electron chi connectivity index (χ2n) is 6.30. The molecular formula is C22H23NO2. The van der Waals surface area contributed by atoms with Crippen LogP contribution in [0.1, 0.15) is 34.8 Å². The van der Waals surface area contributed by atoms with Crippen molar-refractivity contribution in [3.8, 4) is 0 Å². The van der Waals surface area contributed by atoms with Crippen molar-refractivity contribution in [2.45, 2.75) is 32.4 Å². The third-order valence-electron chi connectivity index (χ3n) is 4.45. The van der Waals surface area contributed by atoms with Crippen molar-refractivity contribution in [2.75, 3.05) is 0 Å². The van der Waals surface area contributed by atoms with Gasteiger partial charge in [-0.3, -0.25) is 4.79 Å². The Balaban J connectivity index is 1.73. The first-order chi connectivity index (χ1) is 12.2. The fourth-order valence-electron chi connectivity index (χ4n) is 2.94. The zero-order valence-corrected chi connectivity index (χ0v) is 14.5. The zero-order chi connectivity index (χ0) is 17.5. The van der Waals surface area contributed by atoms with Gasteiger partial charge in [0.25, 0.3) is 5.91 Å². The standard InChI is InChI=1S/C22H23NO2/c1-18(12-13-19-8-4-2-5-9-19)23(16-20-10-6-3-7-11-20)22(24)21-14-15-25-17-21/h2-11,14-15,17-18H,12-13,16H2,1H3/t18-/m0/s1. The van der Waals surface area contributed by atoms with E-state index in [1.54, 1.807) is 12.3 Å². The topological polar surface area (TPSA) is 33.5 Å². The van der Waals surface area contributed by atoms with E-state index in [4.69, 9.17) is 4.42 Å². The summed E-state index contributed by atoms with van der Waals surface area (Å²) in [7, 11) is 0. The van der Waals surface area contributed by atoms with Gasteiger partial charge in [0.15, 0.2) is 0 Å². The maximum absolute atomic E-state index is 12.9. The fourth-order valence-corrected chi connectivity index (χ4v) is 2.94. The van der Waals surface area contributed by atoms with Gasteiger partial charge in [-0.2, -0.15) is 0 Å². The Morgan fingerprint density at radius 3 is 2.20 bits per heavy atom. The van der Waals surface area contributed by atoms with Crippen LogP contribution in [-0.2, 0) is 13.0 Å². The summed E-state index contributed by atoms with van der Waals surface area (Å²) in [5.41, 5.74) is 3.03. The maximum atomic E-state index is 12.9. The van der Waals surface area contributed by atoms with E-state index in [0.29, 0.717) is 12.1 Å². The number of hydrogen-bond acceptors (Lipinski definition) is 2. The number of hydrogen-bond donors (Lipinski definition) is 0. The summed E-state index contributed by atoms with van der Waals surface area (Å²) in [5, 5.41) is 0. The van der Waals surface area contributed by atoms with Crippen LogP contribution < -0.4 is 0 Å². The maximum Gasteiger partial charge on any atom is 0.257 e. The molecule has 3 nitrogen and oxygen atoms in total. The number of nitrogens with zero attached hydrogens (tertiary/aromatic N) is 1. The summed E-state index contributed by atoms with van der Waals surface area (Å²) in [6, 6.07) is 22.4. The highest BCUT2D eigenvalue weighted by Gasteiger charge is 2.22. The zero-order valence-electron chi connectivity index (χ0n) is 14.5. The molecule has 0 spiro atoms. The molecule has 0 saturated carbocycles. The highest BCUT2D eigenvalue weighted by molar-refractivity contribution is 5.94. The number of aryl methyl sites for hydroxylation is 1. The molecule has 1 aromatic heterocycles. The molecule has 0 bridgehead atoms. The van der Waals surface area contributed by atoms with Crippen molar-refractivity contribution < 1.29 is 9.21 Å². The third-order valence-corrected chi connectivity index (χ3v) is 4.45. The van der Waals surface area contributed by atoms with Crippen LogP contribution in [-0.4, -0.2) is 16.8 Å². The molecule has 1 atom stereocenters. The number of carbonyl (C=O) groups is 1. The molecule has 3 aromatic rings. The number of benzene rings is 2. The van der Waals surface area contributed by atoms with Crippen molar-refractivity contribution in [1.82, 2.24) is 4.90 Å². The number of amides is 1. The Morgan fingerprint density at radius 1 is 0.960 bits per heavy atom. The average molecular weight is 333 g/mol. The molecule has 1 amide bonds. The number of furan rings is 1. The molecule has 0 saturated heterocycles. The minimum absolute atomic E-state index is 0.0122. The predicted octanol–water partition coefficient (Wildman–Crippen LogP) is 4.94. The molecule has 0 aliphatic carbocycles. The van der Waals surface area contributed by atoms with Gasteiger partial charge in [0.2, 0.25) is 0 Å². The Labute approximate surface area is 148 Å². The quantitative estimate of drug-likeness (QED) is 0.613. The summed E-state index contributed by atoms with van der Waals surface area (Å²) < 4.78 is 5.10. The van der Waals surface area contributed by atoms with Crippen molar-refractivity contribution in [3.05, 3.63) is 95.9 Å². The average Bonchev–Trinajstić information content (AvgIpc) is 3.20. The van der Waals surface area contributed by atoms with Crippen LogP contribution in [0, 0.1) is 0 Å². The van der Waals surface area contributed by atoms with Gasteiger partial charge in [-0.05, 0) is 37.0 Å². The van der Waals surface area contributed by atoms with Gasteiger partial charge in [-0.15, -0.1) is 0 Å². The molecule has 0 aliphatic heterocycles. The van der Waals surface area contributed by atoms with E-state index in [1.807, 2.05) is 29.2 Å². The smallest absolute Gasteiger partial charge is 0.257 e. The summed E-state index contributed by atoms with van der Waals surface area (Å²) in [6.45, 7) is 2.71. The van der Waals surface area contributed by atoms with Gasteiger partial charge in [0.05, 0.1) is 11.8 Å². The lowest BCUT2D eigenvalue weighted by Crippen LogP contribution is -2.38. The molecule has 3 heteroatoms. The van der Waals surface area contributed by atoms with E-state index in [1.165, 1.54) is 11.8 Å². The van der Waals surface area contributed by atoms with Crippen LogP contribution in [0.2, 0.25) is 0 Å². The third kappa shape index (κ3) is 4.60. The first kappa shape index (κ1) is 17.0. The molecule has 0 radical (unpaired) electrons. The normalized spacial score (nSPS) is 11.9. The molecule has 0 unspecified atom stereocenters. The molecule has 1 heterocycles. The second-order valence-corrected chi connectivity index (χ2v) is 6.30. The van der Waals surface area contributed by atoms with E-state index in [2.05, 4.69) is 43.3 Å². The van der Waals surface area contributed by atoms with Crippen molar-refractivity contribution in [1.29, 1.82) is 0 Å². The summed E-state index contributed by atoms with van der Waals surface area (Å²) >= 11 is 0. The van der Waals surface area contributed by atoms with E-state index in [0.717, 1.165) is 18.4 Å². The molecule has 2 aromatic carbocycles. The van der Waals surface area contributed by atoms with Crippen LogP contribution in [0.4, 0.5) is 0 Å². The largest absolute Gasteiger partial charge is 0.472 e. The minimum atomic E-state index is 0.0122. The fraction of sp³-hybridized carbons (Fsp3) is 0.227. The van der Waals surface area contributed by atoms with Crippen molar-refractivity contribution >= 4 is 5.91 Å². The molecule has 25 heavy (non-hydrogen) atoms. The number of rotatable bonds is 7. The van der Waals surface area contributed by atoms with E-state index < -0.39 is 0 Å². The Morgan fingerprint density at radius 2 is 1.60 bits per heavy atom. The lowest BCUT2D eigenvalue weighted by atomic mass is 10.0. The van der Waals surface area contributed by atoms with Gasteiger partial charge in [0, 0.05) is 12.6 Å². The summed E-state index contributed by atoms with van der Waals surface area (Å²) in [4.78, 5) is 14.9. The second kappa shape index (κ2) is 8.34.